The molecule has 1 fully saturated rings. The third-order valence-electron chi connectivity index (χ3n) is 4.91. The zero-order chi connectivity index (χ0) is 18.3. The van der Waals surface area contributed by atoms with Crippen LogP contribution in [0.15, 0.2) is 24.3 Å². The maximum absolute atomic E-state index is 12.5. The lowest BCUT2D eigenvalue weighted by molar-refractivity contribution is 0.0927. The number of nitrogens with zero attached hydrogens (tertiary/aromatic N) is 4. The molecule has 1 aliphatic rings. The summed E-state index contributed by atoms with van der Waals surface area (Å²) in [6.07, 6.45) is 2.03. The minimum absolute atomic E-state index is 0.0968. The van der Waals surface area contributed by atoms with Crippen LogP contribution in [0.5, 0.6) is 0 Å². The van der Waals surface area contributed by atoms with E-state index in [0.717, 1.165) is 42.3 Å². The summed E-state index contributed by atoms with van der Waals surface area (Å²) in [4.78, 5) is 19.6. The molecule has 2 aromatic heterocycles. The van der Waals surface area contributed by atoms with Crippen LogP contribution in [0.25, 0.3) is 10.2 Å². The maximum atomic E-state index is 12.5. The highest BCUT2D eigenvalue weighted by Gasteiger charge is 2.24. The summed E-state index contributed by atoms with van der Waals surface area (Å²) in [5, 5.41) is 8.45. The number of aryl methyl sites for hydroxylation is 3. The molecule has 1 unspecified atom stereocenters. The van der Waals surface area contributed by atoms with Crippen LogP contribution in [-0.4, -0.2) is 39.8 Å². The number of benzene rings is 1. The van der Waals surface area contributed by atoms with Gasteiger partial charge in [-0.1, -0.05) is 17.4 Å². The minimum Gasteiger partial charge on any atom is -0.346 e. The number of thiazole rings is 1. The Hall–Kier alpha value is -2.41. The van der Waals surface area contributed by atoms with Crippen molar-refractivity contribution in [2.75, 3.05) is 18.0 Å². The highest BCUT2D eigenvalue weighted by Crippen LogP contribution is 2.31. The van der Waals surface area contributed by atoms with Gasteiger partial charge in [0.05, 0.1) is 10.2 Å². The van der Waals surface area contributed by atoms with Crippen LogP contribution < -0.4 is 10.2 Å². The monoisotopic (exact) mass is 369 g/mol. The Bertz CT molecular complexity index is 941. The average molecular weight is 369 g/mol. The quantitative estimate of drug-likeness (QED) is 0.771. The van der Waals surface area contributed by atoms with E-state index in [1.807, 2.05) is 20.0 Å². The summed E-state index contributed by atoms with van der Waals surface area (Å²) >= 11 is 1.73. The first-order valence-corrected chi connectivity index (χ1v) is 9.75. The normalized spacial score (nSPS) is 17.7. The molecule has 1 aliphatic heterocycles. The Morgan fingerprint density at radius 1 is 1.31 bits per heavy atom. The number of carbonyl (C=O) groups is 1. The number of carbonyl (C=O) groups excluding carboxylic acids is 1. The predicted molar refractivity (Wildman–Crippen MR) is 105 cm³/mol. The second kappa shape index (κ2) is 6.72. The molecule has 3 aromatic rings. The van der Waals surface area contributed by atoms with E-state index in [1.165, 1.54) is 10.3 Å². The van der Waals surface area contributed by atoms with Crippen molar-refractivity contribution in [3.05, 3.63) is 41.2 Å². The van der Waals surface area contributed by atoms with Gasteiger partial charge in [-0.3, -0.25) is 9.48 Å². The smallest absolute Gasteiger partial charge is 0.272 e. The summed E-state index contributed by atoms with van der Waals surface area (Å²) < 4.78 is 2.95. The average Bonchev–Trinajstić information content (AvgIpc) is 3.18. The first kappa shape index (κ1) is 17.0. The molecular formula is C19H23N5OS. The molecule has 0 saturated carbocycles. The number of hydrogen-bond donors (Lipinski definition) is 1. The van der Waals surface area contributed by atoms with Crippen molar-refractivity contribution in [3.63, 3.8) is 0 Å². The van der Waals surface area contributed by atoms with Gasteiger partial charge in [-0.2, -0.15) is 5.10 Å². The van der Waals surface area contributed by atoms with Crippen LogP contribution in [0.1, 0.15) is 34.6 Å². The highest BCUT2D eigenvalue weighted by atomic mass is 32.1. The van der Waals surface area contributed by atoms with E-state index in [0.29, 0.717) is 5.69 Å². The molecule has 0 radical (unpaired) electrons. The fourth-order valence-electron chi connectivity index (χ4n) is 3.35. The lowest BCUT2D eigenvalue weighted by atomic mass is 10.1. The molecule has 6 nitrogen and oxygen atoms in total. The topological polar surface area (TPSA) is 63.1 Å². The SMILES string of the molecule is Cc1ccc2nc(N3CCCC(NC(=O)c4cc(C)n(C)n4)C3)sc2c1. The minimum atomic E-state index is -0.0968. The van der Waals surface area contributed by atoms with E-state index >= 15 is 0 Å². The van der Waals surface area contributed by atoms with Crippen molar-refractivity contribution in [2.24, 2.45) is 7.05 Å². The van der Waals surface area contributed by atoms with Crippen molar-refractivity contribution in [1.82, 2.24) is 20.1 Å². The molecule has 1 atom stereocenters. The number of fused-ring (bicyclic) bond motifs is 1. The van der Waals surface area contributed by atoms with E-state index in [9.17, 15) is 4.79 Å². The molecule has 1 saturated heterocycles. The zero-order valence-corrected chi connectivity index (χ0v) is 16.1. The number of aromatic nitrogens is 3. The molecular weight excluding hydrogens is 346 g/mol. The van der Waals surface area contributed by atoms with Gasteiger partial charge in [0, 0.05) is 31.9 Å². The fourth-order valence-corrected chi connectivity index (χ4v) is 4.45. The molecule has 136 valence electrons. The van der Waals surface area contributed by atoms with Gasteiger partial charge in [-0.15, -0.1) is 0 Å². The molecule has 7 heteroatoms. The van der Waals surface area contributed by atoms with Crippen LogP contribution in [0.3, 0.4) is 0 Å². The van der Waals surface area contributed by atoms with Gasteiger partial charge in [0.15, 0.2) is 5.13 Å². The van der Waals surface area contributed by atoms with Crippen molar-refractivity contribution < 1.29 is 4.79 Å². The summed E-state index contributed by atoms with van der Waals surface area (Å²) in [5.74, 6) is -0.0968. The molecule has 0 aliphatic carbocycles. The fraction of sp³-hybridized carbons (Fsp3) is 0.421. The van der Waals surface area contributed by atoms with Crippen molar-refractivity contribution >= 4 is 32.6 Å². The second-order valence-corrected chi connectivity index (χ2v) is 8.03. The predicted octanol–water partition coefficient (Wildman–Crippen LogP) is 3.05. The molecule has 0 spiro atoms. The van der Waals surface area contributed by atoms with Gasteiger partial charge in [0.1, 0.15) is 5.69 Å². The van der Waals surface area contributed by atoms with Crippen LogP contribution in [0, 0.1) is 13.8 Å². The lowest BCUT2D eigenvalue weighted by Gasteiger charge is -2.32. The molecule has 4 rings (SSSR count). The largest absolute Gasteiger partial charge is 0.346 e. The summed E-state index contributed by atoms with van der Waals surface area (Å²) in [7, 11) is 1.85. The van der Waals surface area contributed by atoms with E-state index in [-0.39, 0.29) is 11.9 Å². The Kier molecular flexibility index (Phi) is 4.40. The number of rotatable bonds is 3. The summed E-state index contributed by atoms with van der Waals surface area (Å²) in [6, 6.07) is 8.30. The Morgan fingerprint density at radius 3 is 2.92 bits per heavy atom. The first-order chi connectivity index (χ1) is 12.5. The van der Waals surface area contributed by atoms with Crippen LogP contribution >= 0.6 is 11.3 Å². The van der Waals surface area contributed by atoms with Gasteiger partial charge in [0.2, 0.25) is 0 Å². The molecule has 26 heavy (non-hydrogen) atoms. The lowest BCUT2D eigenvalue weighted by Crippen LogP contribution is -2.47. The molecule has 1 amide bonds. The molecule has 1 N–H and O–H groups in total. The van der Waals surface area contributed by atoms with Crippen molar-refractivity contribution in [3.8, 4) is 0 Å². The number of hydrogen-bond acceptors (Lipinski definition) is 5. The standard InChI is InChI=1S/C19H23N5OS/c1-12-6-7-15-17(9-12)26-19(21-15)24-8-4-5-14(11-24)20-18(25)16-10-13(2)23(3)22-16/h6-7,9-10,14H,4-5,8,11H2,1-3H3,(H,20,25). The van der Waals surface area contributed by atoms with Crippen LogP contribution in [0.2, 0.25) is 0 Å². The third-order valence-corrected chi connectivity index (χ3v) is 5.99. The van der Waals surface area contributed by atoms with E-state index in [4.69, 9.17) is 4.98 Å². The van der Waals surface area contributed by atoms with Gasteiger partial charge in [-0.25, -0.2) is 4.98 Å². The van der Waals surface area contributed by atoms with Gasteiger partial charge >= 0.3 is 0 Å². The molecule has 0 bridgehead atoms. The van der Waals surface area contributed by atoms with Gasteiger partial charge < -0.3 is 10.2 Å². The Balaban J connectivity index is 1.47. The second-order valence-electron chi connectivity index (χ2n) is 7.02. The van der Waals surface area contributed by atoms with Crippen molar-refractivity contribution in [1.29, 1.82) is 0 Å². The van der Waals surface area contributed by atoms with Gasteiger partial charge in [0.25, 0.3) is 5.91 Å². The van der Waals surface area contributed by atoms with Crippen LogP contribution in [-0.2, 0) is 7.05 Å². The van der Waals surface area contributed by atoms with Gasteiger partial charge in [-0.05, 0) is 50.5 Å². The number of anilines is 1. The first-order valence-electron chi connectivity index (χ1n) is 8.93. The summed E-state index contributed by atoms with van der Waals surface area (Å²) in [6.45, 7) is 5.82. The van der Waals surface area contributed by atoms with Crippen LogP contribution in [0.4, 0.5) is 5.13 Å². The van der Waals surface area contributed by atoms with Crippen molar-refractivity contribution in [2.45, 2.75) is 32.7 Å². The van der Waals surface area contributed by atoms with E-state index in [2.05, 4.69) is 40.4 Å². The zero-order valence-electron chi connectivity index (χ0n) is 15.3. The van der Waals surface area contributed by atoms with E-state index < -0.39 is 0 Å². The number of piperidine rings is 1. The summed E-state index contributed by atoms with van der Waals surface area (Å²) in [5.41, 5.74) is 3.76. The highest BCUT2D eigenvalue weighted by molar-refractivity contribution is 7.22. The number of nitrogens with one attached hydrogen (secondary N) is 1. The Morgan fingerprint density at radius 2 is 2.15 bits per heavy atom. The van der Waals surface area contributed by atoms with E-state index in [1.54, 1.807) is 16.0 Å². The Labute approximate surface area is 156 Å². The maximum Gasteiger partial charge on any atom is 0.272 e. The molecule has 3 heterocycles. The number of amides is 1. The third kappa shape index (κ3) is 3.31. The molecule has 1 aromatic carbocycles.